The SMILES string of the molecule is CC(Cl)C(=O)Nc1cccc(C(=O)O)c1. The van der Waals surface area contributed by atoms with Gasteiger partial charge in [-0.3, -0.25) is 4.79 Å². The third-order valence-corrected chi connectivity index (χ3v) is 1.94. The second-order valence-electron chi connectivity index (χ2n) is 2.99. The van der Waals surface area contributed by atoms with Crippen LogP contribution in [0.25, 0.3) is 0 Å². The highest BCUT2D eigenvalue weighted by molar-refractivity contribution is 6.32. The number of hydrogen-bond acceptors (Lipinski definition) is 2. The number of amides is 1. The van der Waals surface area contributed by atoms with Crippen LogP contribution >= 0.6 is 11.6 Å². The van der Waals surface area contributed by atoms with Crippen molar-refractivity contribution in [2.75, 3.05) is 5.32 Å². The summed E-state index contributed by atoms with van der Waals surface area (Å²) in [6.07, 6.45) is 0. The van der Waals surface area contributed by atoms with Crippen LogP contribution in [0.2, 0.25) is 0 Å². The molecule has 0 radical (unpaired) electrons. The van der Waals surface area contributed by atoms with Crippen molar-refractivity contribution in [1.82, 2.24) is 0 Å². The summed E-state index contributed by atoms with van der Waals surface area (Å²) < 4.78 is 0. The highest BCUT2D eigenvalue weighted by Gasteiger charge is 2.10. The van der Waals surface area contributed by atoms with Crippen LogP contribution in [0.5, 0.6) is 0 Å². The Labute approximate surface area is 91.9 Å². The second-order valence-corrected chi connectivity index (χ2v) is 3.65. The normalized spacial score (nSPS) is 11.9. The van der Waals surface area contributed by atoms with Crippen LogP contribution in [-0.2, 0) is 4.79 Å². The Morgan fingerprint density at radius 1 is 1.47 bits per heavy atom. The van der Waals surface area contributed by atoms with Gasteiger partial charge in [0.2, 0.25) is 5.91 Å². The van der Waals surface area contributed by atoms with Gasteiger partial charge in [0.25, 0.3) is 0 Å². The van der Waals surface area contributed by atoms with Crippen LogP contribution in [0.1, 0.15) is 17.3 Å². The molecule has 0 aliphatic rings. The largest absolute Gasteiger partial charge is 0.478 e. The molecule has 0 aliphatic carbocycles. The fourth-order valence-corrected chi connectivity index (χ4v) is 1.03. The topological polar surface area (TPSA) is 66.4 Å². The first kappa shape index (κ1) is 11.5. The number of halogens is 1. The molecule has 0 aliphatic heterocycles. The molecule has 1 atom stereocenters. The molecule has 0 fully saturated rings. The van der Waals surface area contributed by atoms with Crippen LogP contribution in [0, 0.1) is 0 Å². The number of carboxylic acids is 1. The Kier molecular flexibility index (Phi) is 3.68. The second kappa shape index (κ2) is 4.79. The smallest absolute Gasteiger partial charge is 0.335 e. The minimum absolute atomic E-state index is 0.120. The molecule has 0 heterocycles. The number of rotatable bonds is 3. The number of alkyl halides is 1. The minimum Gasteiger partial charge on any atom is -0.478 e. The Morgan fingerprint density at radius 3 is 2.67 bits per heavy atom. The Morgan fingerprint density at radius 2 is 2.13 bits per heavy atom. The number of benzene rings is 1. The zero-order chi connectivity index (χ0) is 11.4. The van der Waals surface area contributed by atoms with Crippen molar-refractivity contribution in [1.29, 1.82) is 0 Å². The van der Waals surface area contributed by atoms with Gasteiger partial charge in [-0.2, -0.15) is 0 Å². The number of nitrogens with one attached hydrogen (secondary N) is 1. The van der Waals surface area contributed by atoms with Crippen LogP contribution in [0.4, 0.5) is 5.69 Å². The average Bonchev–Trinajstić information content (AvgIpc) is 2.18. The summed E-state index contributed by atoms with van der Waals surface area (Å²) in [5, 5.41) is 10.6. The molecular weight excluding hydrogens is 218 g/mol. The first-order valence-corrected chi connectivity index (χ1v) is 4.72. The third-order valence-electron chi connectivity index (χ3n) is 1.74. The Balaban J connectivity index is 2.83. The van der Waals surface area contributed by atoms with Gasteiger partial charge < -0.3 is 10.4 Å². The fourth-order valence-electron chi connectivity index (χ4n) is 0.972. The van der Waals surface area contributed by atoms with E-state index in [2.05, 4.69) is 5.32 Å². The van der Waals surface area contributed by atoms with E-state index >= 15 is 0 Å². The standard InChI is InChI=1S/C10H10ClNO3/c1-6(11)9(13)12-8-4-2-3-7(5-8)10(14)15/h2-6H,1H3,(H,12,13)(H,14,15). The predicted octanol–water partition coefficient (Wildman–Crippen LogP) is 1.95. The lowest BCUT2D eigenvalue weighted by Gasteiger charge is -2.06. The molecule has 5 heteroatoms. The van der Waals surface area contributed by atoms with Crippen molar-refractivity contribution < 1.29 is 14.7 Å². The Hall–Kier alpha value is -1.55. The fraction of sp³-hybridized carbons (Fsp3) is 0.200. The van der Waals surface area contributed by atoms with Gasteiger partial charge in [0.15, 0.2) is 0 Å². The number of carbonyl (C=O) groups excluding carboxylic acids is 1. The summed E-state index contributed by atoms with van der Waals surface area (Å²) in [6, 6.07) is 5.98. The summed E-state index contributed by atoms with van der Waals surface area (Å²) >= 11 is 5.55. The van der Waals surface area contributed by atoms with Crippen LogP contribution < -0.4 is 5.32 Å². The molecule has 1 aromatic rings. The summed E-state index contributed by atoms with van der Waals surface area (Å²) in [4.78, 5) is 21.8. The van der Waals surface area contributed by atoms with Crippen LogP contribution in [-0.4, -0.2) is 22.4 Å². The Bertz CT molecular complexity index is 390. The number of anilines is 1. The van der Waals surface area contributed by atoms with Gasteiger partial charge in [-0.05, 0) is 25.1 Å². The number of aromatic carboxylic acids is 1. The van der Waals surface area contributed by atoms with Crippen molar-refractivity contribution in [3.8, 4) is 0 Å². The third kappa shape index (κ3) is 3.25. The van der Waals surface area contributed by atoms with Gasteiger partial charge in [-0.25, -0.2) is 4.79 Å². The summed E-state index contributed by atoms with van der Waals surface area (Å²) in [5.74, 6) is -1.40. The van der Waals surface area contributed by atoms with Crippen LogP contribution in [0.15, 0.2) is 24.3 Å². The lowest BCUT2D eigenvalue weighted by Crippen LogP contribution is -2.20. The number of hydrogen-bond donors (Lipinski definition) is 2. The first-order valence-electron chi connectivity index (χ1n) is 4.29. The molecule has 0 spiro atoms. The zero-order valence-electron chi connectivity index (χ0n) is 8.03. The lowest BCUT2D eigenvalue weighted by molar-refractivity contribution is -0.115. The van der Waals surface area contributed by atoms with E-state index in [4.69, 9.17) is 16.7 Å². The van der Waals surface area contributed by atoms with E-state index < -0.39 is 11.3 Å². The molecule has 4 nitrogen and oxygen atoms in total. The van der Waals surface area contributed by atoms with Crippen molar-refractivity contribution >= 4 is 29.2 Å². The zero-order valence-corrected chi connectivity index (χ0v) is 8.78. The van der Waals surface area contributed by atoms with E-state index in [1.54, 1.807) is 12.1 Å². The maximum atomic E-state index is 11.2. The molecular formula is C10H10ClNO3. The molecule has 15 heavy (non-hydrogen) atoms. The molecule has 1 rings (SSSR count). The lowest BCUT2D eigenvalue weighted by atomic mass is 10.2. The van der Waals surface area contributed by atoms with Gasteiger partial charge in [0, 0.05) is 5.69 Å². The van der Waals surface area contributed by atoms with E-state index in [1.807, 2.05) is 0 Å². The van der Waals surface area contributed by atoms with Crippen molar-refractivity contribution in [3.05, 3.63) is 29.8 Å². The molecule has 1 amide bonds. The summed E-state index contributed by atoms with van der Waals surface area (Å²) in [7, 11) is 0. The van der Waals surface area contributed by atoms with E-state index in [-0.39, 0.29) is 11.5 Å². The number of carbonyl (C=O) groups is 2. The molecule has 0 saturated heterocycles. The van der Waals surface area contributed by atoms with Gasteiger partial charge in [0.05, 0.1) is 5.56 Å². The summed E-state index contributed by atoms with van der Waals surface area (Å²) in [5.41, 5.74) is 0.544. The number of carboxylic acid groups (broad SMARTS) is 1. The maximum Gasteiger partial charge on any atom is 0.335 e. The molecule has 80 valence electrons. The quantitative estimate of drug-likeness (QED) is 0.776. The molecule has 0 bridgehead atoms. The van der Waals surface area contributed by atoms with Crippen molar-refractivity contribution in [2.24, 2.45) is 0 Å². The van der Waals surface area contributed by atoms with Gasteiger partial charge in [-0.1, -0.05) is 6.07 Å². The van der Waals surface area contributed by atoms with E-state index in [9.17, 15) is 9.59 Å². The van der Waals surface area contributed by atoms with E-state index in [1.165, 1.54) is 19.1 Å². The molecule has 2 N–H and O–H groups in total. The average molecular weight is 228 g/mol. The predicted molar refractivity (Wildman–Crippen MR) is 57.3 cm³/mol. The molecule has 0 aromatic heterocycles. The monoisotopic (exact) mass is 227 g/mol. The molecule has 1 unspecified atom stereocenters. The maximum absolute atomic E-state index is 11.2. The molecule has 1 aromatic carbocycles. The van der Waals surface area contributed by atoms with Gasteiger partial charge in [0.1, 0.15) is 5.38 Å². The molecule has 0 saturated carbocycles. The highest BCUT2D eigenvalue weighted by atomic mass is 35.5. The van der Waals surface area contributed by atoms with E-state index in [0.29, 0.717) is 5.69 Å². The van der Waals surface area contributed by atoms with E-state index in [0.717, 1.165) is 0 Å². The van der Waals surface area contributed by atoms with Crippen molar-refractivity contribution in [2.45, 2.75) is 12.3 Å². The van der Waals surface area contributed by atoms with Crippen molar-refractivity contribution in [3.63, 3.8) is 0 Å². The van der Waals surface area contributed by atoms with Gasteiger partial charge >= 0.3 is 5.97 Å². The first-order chi connectivity index (χ1) is 7.00. The van der Waals surface area contributed by atoms with Crippen LogP contribution in [0.3, 0.4) is 0 Å². The van der Waals surface area contributed by atoms with Gasteiger partial charge in [-0.15, -0.1) is 11.6 Å². The minimum atomic E-state index is -1.04. The highest BCUT2D eigenvalue weighted by Crippen LogP contribution is 2.11. The summed E-state index contributed by atoms with van der Waals surface area (Å²) in [6.45, 7) is 1.54.